The molecule has 1 aromatic carbocycles. The first kappa shape index (κ1) is 15.2. The van der Waals surface area contributed by atoms with Crippen molar-refractivity contribution >= 4 is 21.4 Å². The summed E-state index contributed by atoms with van der Waals surface area (Å²) in [5.74, 6) is 0. The van der Waals surface area contributed by atoms with Gasteiger partial charge in [0.05, 0.1) is 11.5 Å². The fourth-order valence-electron chi connectivity index (χ4n) is 1.29. The smallest absolute Gasteiger partial charge is 0.291 e. The van der Waals surface area contributed by atoms with E-state index in [1.54, 1.807) is 4.72 Å². The summed E-state index contributed by atoms with van der Waals surface area (Å²) in [7, 11) is -2.85. The number of hydrogen-bond acceptors (Lipinski definition) is 5. The maximum atomic E-state index is 12.0. The molecule has 0 aliphatic carbocycles. The molecular weight excluding hydrogens is 284 g/mol. The predicted octanol–water partition coefficient (Wildman–Crippen LogP) is 1.18. The van der Waals surface area contributed by atoms with Gasteiger partial charge < -0.3 is 5.32 Å². The van der Waals surface area contributed by atoms with Crippen LogP contribution in [-0.2, 0) is 10.0 Å². The van der Waals surface area contributed by atoms with Gasteiger partial charge in [-0.05, 0) is 12.1 Å². The number of anilines is 1. The quantitative estimate of drug-likeness (QED) is 0.606. The third kappa shape index (κ3) is 3.83. The van der Waals surface area contributed by atoms with Gasteiger partial charge in [0.25, 0.3) is 12.1 Å². The van der Waals surface area contributed by atoms with Gasteiger partial charge in [-0.1, -0.05) is 0 Å². The summed E-state index contributed by atoms with van der Waals surface area (Å²) in [5.41, 5.74) is -0.354. The fraction of sp³-hybridized carbons (Fsp3) is 0.333. The predicted molar refractivity (Wildman–Crippen MR) is 63.8 cm³/mol. The number of nitrogens with one attached hydrogen (secondary N) is 2. The highest BCUT2D eigenvalue weighted by Gasteiger charge is 2.26. The van der Waals surface area contributed by atoms with Crippen LogP contribution >= 0.6 is 0 Å². The molecule has 0 atom stereocenters. The Morgan fingerprint density at radius 2 is 2.05 bits per heavy atom. The summed E-state index contributed by atoms with van der Waals surface area (Å²) in [5, 5.41) is 13.4. The van der Waals surface area contributed by atoms with Crippen LogP contribution in [0.5, 0.6) is 0 Å². The van der Waals surface area contributed by atoms with E-state index in [0.717, 1.165) is 12.1 Å². The summed E-state index contributed by atoms with van der Waals surface area (Å²) in [4.78, 5) is 9.27. The number of nitro benzene ring substituents is 1. The molecule has 0 aliphatic rings. The van der Waals surface area contributed by atoms with Gasteiger partial charge in [0.2, 0.25) is 10.0 Å². The van der Waals surface area contributed by atoms with E-state index < -0.39 is 38.5 Å². The largest absolute Gasteiger partial charge is 0.388 e. The van der Waals surface area contributed by atoms with Gasteiger partial charge in [0.15, 0.2) is 4.90 Å². The van der Waals surface area contributed by atoms with Crippen molar-refractivity contribution in [1.29, 1.82) is 0 Å². The molecular formula is C9H11F2N3O4S. The lowest BCUT2D eigenvalue weighted by Crippen LogP contribution is -2.29. The SMILES string of the molecule is CNc1ccc(S(=O)(=O)NCC(F)F)c([N+](=O)[O-])c1. The van der Waals surface area contributed by atoms with Gasteiger partial charge in [-0.15, -0.1) is 0 Å². The summed E-state index contributed by atoms with van der Waals surface area (Å²) in [6.07, 6.45) is -2.88. The van der Waals surface area contributed by atoms with Crippen LogP contribution in [-0.4, -0.2) is 33.4 Å². The van der Waals surface area contributed by atoms with Gasteiger partial charge in [0.1, 0.15) is 0 Å². The van der Waals surface area contributed by atoms with E-state index in [1.807, 2.05) is 0 Å². The van der Waals surface area contributed by atoms with Crippen LogP contribution in [0.15, 0.2) is 23.1 Å². The highest BCUT2D eigenvalue weighted by molar-refractivity contribution is 7.89. The Hall–Kier alpha value is -1.81. The molecule has 0 aliphatic heterocycles. The lowest BCUT2D eigenvalue weighted by molar-refractivity contribution is -0.387. The Labute approximate surface area is 107 Å². The molecule has 0 heterocycles. The third-order valence-corrected chi connectivity index (χ3v) is 3.63. The number of benzene rings is 1. The molecule has 7 nitrogen and oxygen atoms in total. The minimum atomic E-state index is -4.36. The minimum Gasteiger partial charge on any atom is -0.388 e. The molecule has 1 rings (SSSR count). The van der Waals surface area contributed by atoms with Crippen molar-refractivity contribution in [2.24, 2.45) is 0 Å². The molecule has 106 valence electrons. The Bertz CT molecular complexity index is 577. The van der Waals surface area contributed by atoms with E-state index >= 15 is 0 Å². The lowest BCUT2D eigenvalue weighted by Gasteiger charge is -2.08. The summed E-state index contributed by atoms with van der Waals surface area (Å²) in [6, 6.07) is 3.29. The highest BCUT2D eigenvalue weighted by atomic mass is 32.2. The minimum absolute atomic E-state index is 0.333. The van der Waals surface area contributed by atoms with E-state index in [1.165, 1.54) is 13.1 Å². The van der Waals surface area contributed by atoms with Crippen molar-refractivity contribution in [1.82, 2.24) is 4.72 Å². The maximum absolute atomic E-state index is 12.0. The summed E-state index contributed by atoms with van der Waals surface area (Å²) >= 11 is 0. The van der Waals surface area contributed by atoms with Gasteiger partial charge in [-0.25, -0.2) is 21.9 Å². The molecule has 0 radical (unpaired) electrons. The molecule has 0 fully saturated rings. The first-order chi connectivity index (χ1) is 8.77. The second kappa shape index (κ2) is 5.89. The molecule has 0 spiro atoms. The molecule has 2 N–H and O–H groups in total. The maximum Gasteiger partial charge on any atom is 0.291 e. The molecule has 0 saturated heterocycles. The van der Waals surface area contributed by atoms with E-state index in [0.29, 0.717) is 5.69 Å². The first-order valence-electron chi connectivity index (χ1n) is 5.02. The van der Waals surface area contributed by atoms with Crippen molar-refractivity contribution in [3.63, 3.8) is 0 Å². The Morgan fingerprint density at radius 1 is 1.42 bits per heavy atom. The average molecular weight is 295 g/mol. The van der Waals surface area contributed by atoms with Crippen molar-refractivity contribution in [2.75, 3.05) is 18.9 Å². The molecule has 0 bridgehead atoms. The number of hydrogen-bond donors (Lipinski definition) is 2. The van der Waals surface area contributed by atoms with E-state index in [2.05, 4.69) is 5.32 Å². The lowest BCUT2D eigenvalue weighted by atomic mass is 10.3. The average Bonchev–Trinajstić information content (AvgIpc) is 2.35. The number of nitro groups is 1. The number of halogens is 2. The molecule has 0 unspecified atom stereocenters. The van der Waals surface area contributed by atoms with Crippen LogP contribution in [0.25, 0.3) is 0 Å². The summed E-state index contributed by atoms with van der Waals surface area (Å²) in [6.45, 7) is -1.10. The number of alkyl halides is 2. The fourth-order valence-corrected chi connectivity index (χ4v) is 2.45. The molecule has 0 saturated carbocycles. The van der Waals surface area contributed by atoms with Crippen LogP contribution < -0.4 is 10.0 Å². The van der Waals surface area contributed by atoms with Crippen LogP contribution in [0.2, 0.25) is 0 Å². The molecule has 0 aromatic heterocycles. The van der Waals surface area contributed by atoms with Crippen LogP contribution in [0.4, 0.5) is 20.2 Å². The number of rotatable bonds is 6. The number of nitrogens with zero attached hydrogens (tertiary/aromatic N) is 1. The van der Waals surface area contributed by atoms with Gasteiger partial charge in [-0.2, -0.15) is 0 Å². The van der Waals surface area contributed by atoms with Crippen molar-refractivity contribution < 1.29 is 22.1 Å². The topological polar surface area (TPSA) is 101 Å². The van der Waals surface area contributed by atoms with Crippen LogP contribution in [0.3, 0.4) is 0 Å². The zero-order valence-electron chi connectivity index (χ0n) is 9.76. The van der Waals surface area contributed by atoms with Gasteiger partial charge in [0, 0.05) is 18.8 Å². The number of sulfonamides is 1. The summed E-state index contributed by atoms with van der Waals surface area (Å²) < 4.78 is 49.0. The van der Waals surface area contributed by atoms with Gasteiger partial charge >= 0.3 is 0 Å². The second-order valence-corrected chi connectivity index (χ2v) is 5.17. The van der Waals surface area contributed by atoms with Crippen LogP contribution in [0.1, 0.15) is 0 Å². The Morgan fingerprint density at radius 3 is 2.53 bits per heavy atom. The van der Waals surface area contributed by atoms with E-state index in [4.69, 9.17) is 0 Å². The molecule has 10 heteroatoms. The molecule has 0 amide bonds. The van der Waals surface area contributed by atoms with E-state index in [-0.39, 0.29) is 0 Å². The Balaban J connectivity index is 3.22. The van der Waals surface area contributed by atoms with Crippen LogP contribution in [0, 0.1) is 10.1 Å². The van der Waals surface area contributed by atoms with Gasteiger partial charge in [-0.3, -0.25) is 10.1 Å². The third-order valence-electron chi connectivity index (χ3n) is 2.16. The Kier molecular flexibility index (Phi) is 4.72. The van der Waals surface area contributed by atoms with Crippen molar-refractivity contribution in [2.45, 2.75) is 11.3 Å². The first-order valence-corrected chi connectivity index (χ1v) is 6.50. The zero-order valence-corrected chi connectivity index (χ0v) is 10.6. The van der Waals surface area contributed by atoms with Crippen molar-refractivity contribution in [3.05, 3.63) is 28.3 Å². The van der Waals surface area contributed by atoms with Crippen molar-refractivity contribution in [3.8, 4) is 0 Å². The standard InChI is InChI=1S/C9H11F2N3O4S/c1-12-6-2-3-8(7(4-6)14(15)16)19(17,18)13-5-9(10)11/h2-4,9,12-13H,5H2,1H3. The second-order valence-electron chi connectivity index (χ2n) is 3.43. The van der Waals surface area contributed by atoms with E-state index in [9.17, 15) is 27.3 Å². The molecule has 19 heavy (non-hydrogen) atoms. The zero-order chi connectivity index (χ0) is 14.6. The highest BCUT2D eigenvalue weighted by Crippen LogP contribution is 2.26. The normalized spacial score (nSPS) is 11.6. The molecule has 1 aromatic rings. The monoisotopic (exact) mass is 295 g/mol.